The number of ether oxygens (including phenoxy) is 2. The number of benzene rings is 2. The molecule has 2 rings (SSSR count). The average molecular weight is 285 g/mol. The molecular formula is C17H19NO3. The van der Waals surface area contributed by atoms with Crippen molar-refractivity contribution in [3.8, 4) is 11.5 Å². The number of amides is 1. The number of methoxy groups -OCH3 is 1. The van der Waals surface area contributed by atoms with Gasteiger partial charge in [0.15, 0.2) is 6.61 Å². The molecule has 110 valence electrons. The second-order valence-corrected chi connectivity index (χ2v) is 4.55. The smallest absolute Gasteiger partial charge is 0.257 e. The van der Waals surface area contributed by atoms with Gasteiger partial charge in [-0.2, -0.15) is 0 Å². The van der Waals surface area contributed by atoms with Crippen molar-refractivity contribution in [2.45, 2.75) is 6.42 Å². The Morgan fingerprint density at radius 3 is 2.57 bits per heavy atom. The van der Waals surface area contributed by atoms with Gasteiger partial charge in [0.1, 0.15) is 11.5 Å². The van der Waals surface area contributed by atoms with Gasteiger partial charge in [0.05, 0.1) is 7.11 Å². The predicted octanol–water partition coefficient (Wildman–Crippen LogP) is 2.43. The normalized spacial score (nSPS) is 9.95. The summed E-state index contributed by atoms with van der Waals surface area (Å²) in [5.41, 5.74) is 1.20. The Kier molecular flexibility index (Phi) is 5.64. The Balaban J connectivity index is 1.70. The predicted molar refractivity (Wildman–Crippen MR) is 81.6 cm³/mol. The lowest BCUT2D eigenvalue weighted by atomic mass is 10.1. The molecule has 0 aliphatic carbocycles. The third kappa shape index (κ3) is 5.18. The molecule has 0 aliphatic rings. The molecule has 0 spiro atoms. The highest BCUT2D eigenvalue weighted by Gasteiger charge is 2.03. The van der Waals surface area contributed by atoms with Crippen LogP contribution in [-0.2, 0) is 11.2 Å². The van der Waals surface area contributed by atoms with Crippen LogP contribution in [0.25, 0.3) is 0 Å². The number of nitrogens with one attached hydrogen (secondary N) is 1. The largest absolute Gasteiger partial charge is 0.497 e. The molecule has 0 radical (unpaired) electrons. The SMILES string of the molecule is COc1cccc(OCC(=O)NCCc2ccccc2)c1. The van der Waals surface area contributed by atoms with Crippen molar-refractivity contribution < 1.29 is 14.3 Å². The molecule has 0 bridgehead atoms. The van der Waals surface area contributed by atoms with Crippen molar-refractivity contribution in [2.24, 2.45) is 0 Å². The molecule has 0 heterocycles. The molecule has 0 saturated heterocycles. The average Bonchev–Trinajstić information content (AvgIpc) is 2.54. The van der Waals surface area contributed by atoms with Gasteiger partial charge in [0, 0.05) is 12.6 Å². The summed E-state index contributed by atoms with van der Waals surface area (Å²) < 4.78 is 10.5. The number of carbonyl (C=O) groups is 1. The minimum atomic E-state index is -0.131. The summed E-state index contributed by atoms with van der Waals surface area (Å²) in [6, 6.07) is 17.2. The van der Waals surface area contributed by atoms with Crippen molar-refractivity contribution >= 4 is 5.91 Å². The van der Waals surface area contributed by atoms with E-state index in [1.54, 1.807) is 19.2 Å². The quantitative estimate of drug-likeness (QED) is 0.850. The molecule has 2 aromatic carbocycles. The summed E-state index contributed by atoms with van der Waals surface area (Å²) >= 11 is 0. The molecule has 0 atom stereocenters. The molecular weight excluding hydrogens is 266 g/mol. The van der Waals surface area contributed by atoms with Crippen LogP contribution >= 0.6 is 0 Å². The standard InChI is InChI=1S/C17H19NO3/c1-20-15-8-5-9-16(12-15)21-13-17(19)18-11-10-14-6-3-2-4-7-14/h2-9,12H,10-11,13H2,1H3,(H,18,19). The van der Waals surface area contributed by atoms with E-state index in [0.29, 0.717) is 18.0 Å². The molecule has 4 heteroatoms. The van der Waals surface area contributed by atoms with Crippen LogP contribution in [0, 0.1) is 0 Å². The lowest BCUT2D eigenvalue weighted by Gasteiger charge is -2.08. The van der Waals surface area contributed by atoms with E-state index < -0.39 is 0 Å². The molecule has 0 aliphatic heterocycles. The van der Waals surface area contributed by atoms with E-state index in [-0.39, 0.29) is 12.5 Å². The molecule has 0 fully saturated rings. The van der Waals surface area contributed by atoms with Crippen LogP contribution in [0.15, 0.2) is 54.6 Å². The zero-order chi connectivity index (χ0) is 14.9. The zero-order valence-corrected chi connectivity index (χ0v) is 12.0. The third-order valence-electron chi connectivity index (χ3n) is 2.99. The Hall–Kier alpha value is -2.49. The fourth-order valence-electron chi connectivity index (χ4n) is 1.88. The Bertz CT molecular complexity index is 569. The summed E-state index contributed by atoms with van der Waals surface area (Å²) in [6.07, 6.45) is 0.811. The van der Waals surface area contributed by atoms with E-state index >= 15 is 0 Å². The topological polar surface area (TPSA) is 47.6 Å². The van der Waals surface area contributed by atoms with Crippen LogP contribution < -0.4 is 14.8 Å². The number of hydrogen-bond acceptors (Lipinski definition) is 3. The lowest BCUT2D eigenvalue weighted by molar-refractivity contribution is -0.123. The van der Waals surface area contributed by atoms with E-state index in [1.165, 1.54) is 5.56 Å². The van der Waals surface area contributed by atoms with Gasteiger partial charge in [-0.3, -0.25) is 4.79 Å². The van der Waals surface area contributed by atoms with Crippen LogP contribution in [0.5, 0.6) is 11.5 Å². The first-order valence-corrected chi connectivity index (χ1v) is 6.85. The van der Waals surface area contributed by atoms with Crippen LogP contribution in [0.4, 0.5) is 0 Å². The lowest BCUT2D eigenvalue weighted by Crippen LogP contribution is -2.30. The van der Waals surface area contributed by atoms with Gasteiger partial charge < -0.3 is 14.8 Å². The molecule has 0 aromatic heterocycles. The zero-order valence-electron chi connectivity index (χ0n) is 12.0. The highest BCUT2D eigenvalue weighted by atomic mass is 16.5. The first kappa shape index (κ1) is 14.9. The summed E-state index contributed by atoms with van der Waals surface area (Å²) in [4.78, 5) is 11.7. The van der Waals surface area contributed by atoms with E-state index in [4.69, 9.17) is 9.47 Å². The Labute approximate surface area is 124 Å². The molecule has 1 N–H and O–H groups in total. The summed E-state index contributed by atoms with van der Waals surface area (Å²) in [7, 11) is 1.59. The fourth-order valence-corrected chi connectivity index (χ4v) is 1.88. The van der Waals surface area contributed by atoms with Crippen molar-refractivity contribution in [1.29, 1.82) is 0 Å². The van der Waals surface area contributed by atoms with Crippen LogP contribution in [0.3, 0.4) is 0 Å². The highest BCUT2D eigenvalue weighted by molar-refractivity contribution is 5.77. The van der Waals surface area contributed by atoms with Crippen LogP contribution in [0.1, 0.15) is 5.56 Å². The van der Waals surface area contributed by atoms with Crippen molar-refractivity contribution in [2.75, 3.05) is 20.3 Å². The summed E-state index contributed by atoms with van der Waals surface area (Å²) in [5, 5.41) is 2.83. The van der Waals surface area contributed by atoms with Crippen LogP contribution in [-0.4, -0.2) is 26.2 Å². The van der Waals surface area contributed by atoms with Gasteiger partial charge in [0.2, 0.25) is 0 Å². The maximum Gasteiger partial charge on any atom is 0.257 e. The third-order valence-corrected chi connectivity index (χ3v) is 2.99. The highest BCUT2D eigenvalue weighted by Crippen LogP contribution is 2.18. The van der Waals surface area contributed by atoms with Crippen molar-refractivity contribution in [1.82, 2.24) is 5.32 Å². The van der Waals surface area contributed by atoms with E-state index in [1.807, 2.05) is 42.5 Å². The van der Waals surface area contributed by atoms with Crippen molar-refractivity contribution in [3.05, 3.63) is 60.2 Å². The minimum Gasteiger partial charge on any atom is -0.497 e. The van der Waals surface area contributed by atoms with Gasteiger partial charge >= 0.3 is 0 Å². The Morgan fingerprint density at radius 1 is 1.05 bits per heavy atom. The van der Waals surface area contributed by atoms with Gasteiger partial charge in [-0.05, 0) is 24.1 Å². The number of carbonyl (C=O) groups excluding carboxylic acids is 1. The molecule has 0 unspecified atom stereocenters. The minimum absolute atomic E-state index is 0.00194. The summed E-state index contributed by atoms with van der Waals surface area (Å²) in [6.45, 7) is 0.603. The molecule has 21 heavy (non-hydrogen) atoms. The molecule has 0 saturated carbocycles. The Morgan fingerprint density at radius 2 is 1.81 bits per heavy atom. The summed E-state index contributed by atoms with van der Waals surface area (Å²) in [5.74, 6) is 1.19. The van der Waals surface area contributed by atoms with Crippen LogP contribution in [0.2, 0.25) is 0 Å². The second-order valence-electron chi connectivity index (χ2n) is 4.55. The molecule has 4 nitrogen and oxygen atoms in total. The monoisotopic (exact) mass is 285 g/mol. The fraction of sp³-hybridized carbons (Fsp3) is 0.235. The number of hydrogen-bond donors (Lipinski definition) is 1. The first-order chi connectivity index (χ1) is 10.3. The number of rotatable bonds is 7. The van der Waals surface area contributed by atoms with E-state index in [2.05, 4.69) is 5.32 Å². The van der Waals surface area contributed by atoms with E-state index in [9.17, 15) is 4.79 Å². The second kappa shape index (κ2) is 7.94. The van der Waals surface area contributed by atoms with Gasteiger partial charge in [-0.1, -0.05) is 36.4 Å². The maximum absolute atomic E-state index is 11.7. The van der Waals surface area contributed by atoms with Gasteiger partial charge in [0.25, 0.3) is 5.91 Å². The van der Waals surface area contributed by atoms with Crippen molar-refractivity contribution in [3.63, 3.8) is 0 Å². The molecule has 1 amide bonds. The first-order valence-electron chi connectivity index (χ1n) is 6.85. The maximum atomic E-state index is 11.7. The van der Waals surface area contributed by atoms with Gasteiger partial charge in [-0.15, -0.1) is 0 Å². The van der Waals surface area contributed by atoms with Gasteiger partial charge in [-0.25, -0.2) is 0 Å². The molecule has 2 aromatic rings. The van der Waals surface area contributed by atoms with E-state index in [0.717, 1.165) is 6.42 Å².